The van der Waals surface area contributed by atoms with Gasteiger partial charge in [-0.2, -0.15) is 0 Å². The summed E-state index contributed by atoms with van der Waals surface area (Å²) in [4.78, 5) is 27.6. The maximum absolute atomic E-state index is 13.2. The molecule has 1 saturated heterocycles. The van der Waals surface area contributed by atoms with E-state index in [2.05, 4.69) is 0 Å². The number of amides is 1. The van der Waals surface area contributed by atoms with Gasteiger partial charge in [0.25, 0.3) is 11.7 Å². The highest BCUT2D eigenvalue weighted by Crippen LogP contribution is 2.41. The predicted molar refractivity (Wildman–Crippen MR) is 120 cm³/mol. The standard InChI is InChI=1S/C26H23NO6/c1-15-12-18-13-17(7-10-21(18)33-15)24(28)22-23(16-5-8-19(31-2)9-6-16)27(26(30)25(22)29)14-20-4-3-11-32-20/h3-11,13,15,23,28H,12,14H2,1-2H3/b24-22+/t15-,23-/m0/s1. The van der Waals surface area contributed by atoms with E-state index in [0.717, 1.165) is 11.3 Å². The van der Waals surface area contributed by atoms with Crippen LogP contribution in [-0.4, -0.2) is 34.9 Å². The summed E-state index contributed by atoms with van der Waals surface area (Å²) in [7, 11) is 1.57. The Morgan fingerprint density at radius 2 is 1.94 bits per heavy atom. The fraction of sp³-hybridized carbons (Fsp3) is 0.231. The third-order valence-corrected chi connectivity index (χ3v) is 6.05. The van der Waals surface area contributed by atoms with Gasteiger partial charge in [0.1, 0.15) is 29.1 Å². The summed E-state index contributed by atoms with van der Waals surface area (Å²) in [6.07, 6.45) is 2.28. The van der Waals surface area contributed by atoms with Crippen molar-refractivity contribution in [1.29, 1.82) is 0 Å². The number of ether oxygens (including phenoxy) is 2. The highest BCUT2D eigenvalue weighted by atomic mass is 16.5. The van der Waals surface area contributed by atoms with Gasteiger partial charge in [-0.1, -0.05) is 12.1 Å². The number of carbonyl (C=O) groups is 2. The average Bonchev–Trinajstić information content (AvgIpc) is 3.53. The molecule has 0 radical (unpaired) electrons. The molecule has 5 rings (SSSR count). The topological polar surface area (TPSA) is 89.2 Å². The number of hydrogen-bond acceptors (Lipinski definition) is 6. The highest BCUT2D eigenvalue weighted by Gasteiger charge is 2.46. The van der Waals surface area contributed by atoms with Crippen LogP contribution in [0.3, 0.4) is 0 Å². The summed E-state index contributed by atoms with van der Waals surface area (Å²) < 4.78 is 16.4. The van der Waals surface area contributed by atoms with Crippen LogP contribution < -0.4 is 9.47 Å². The van der Waals surface area contributed by atoms with Crippen LogP contribution in [0.4, 0.5) is 0 Å². The molecule has 168 valence electrons. The van der Waals surface area contributed by atoms with Crippen LogP contribution in [0.1, 0.15) is 35.4 Å². The van der Waals surface area contributed by atoms with E-state index < -0.39 is 17.7 Å². The minimum absolute atomic E-state index is 0.0450. The van der Waals surface area contributed by atoms with Gasteiger partial charge in [0.05, 0.1) is 31.5 Å². The number of Topliss-reactive ketones (excluding diaryl/α,β-unsaturated/α-hetero) is 1. The fourth-order valence-electron chi connectivity index (χ4n) is 4.47. The lowest BCUT2D eigenvalue weighted by atomic mass is 9.94. The fourth-order valence-corrected chi connectivity index (χ4v) is 4.47. The molecular weight excluding hydrogens is 422 g/mol. The molecular formula is C26H23NO6. The van der Waals surface area contributed by atoms with E-state index in [1.807, 2.05) is 13.0 Å². The first-order valence-corrected chi connectivity index (χ1v) is 10.7. The van der Waals surface area contributed by atoms with Crippen molar-refractivity contribution in [3.63, 3.8) is 0 Å². The average molecular weight is 445 g/mol. The maximum atomic E-state index is 13.2. The molecule has 1 amide bonds. The molecule has 0 bridgehead atoms. The van der Waals surface area contributed by atoms with Crippen molar-refractivity contribution in [2.75, 3.05) is 7.11 Å². The molecule has 2 atom stereocenters. The molecule has 0 aliphatic carbocycles. The number of ketones is 1. The molecule has 2 aromatic carbocycles. The Hall–Kier alpha value is -4.00. The monoisotopic (exact) mass is 445 g/mol. The van der Waals surface area contributed by atoms with Crippen LogP contribution in [0.15, 0.2) is 70.9 Å². The summed E-state index contributed by atoms with van der Waals surface area (Å²) in [6, 6.07) is 15.1. The van der Waals surface area contributed by atoms with Gasteiger partial charge < -0.3 is 23.9 Å². The summed E-state index contributed by atoms with van der Waals surface area (Å²) in [5.74, 6) is 0.327. The molecule has 7 heteroatoms. The lowest BCUT2D eigenvalue weighted by molar-refractivity contribution is -0.140. The third-order valence-electron chi connectivity index (χ3n) is 6.05. The van der Waals surface area contributed by atoms with Crippen molar-refractivity contribution in [2.24, 2.45) is 0 Å². The molecule has 2 aliphatic rings. The number of hydrogen-bond donors (Lipinski definition) is 1. The number of likely N-dealkylation sites (tertiary alicyclic amines) is 1. The van der Waals surface area contributed by atoms with Gasteiger partial charge in [0.15, 0.2) is 0 Å². The van der Waals surface area contributed by atoms with Crippen LogP contribution in [0.5, 0.6) is 11.5 Å². The number of fused-ring (bicyclic) bond motifs is 1. The number of aliphatic hydroxyl groups is 1. The van der Waals surface area contributed by atoms with E-state index in [9.17, 15) is 14.7 Å². The zero-order chi connectivity index (χ0) is 23.1. The lowest BCUT2D eigenvalue weighted by Gasteiger charge is -2.24. The smallest absolute Gasteiger partial charge is 0.296 e. The van der Waals surface area contributed by atoms with E-state index in [-0.39, 0.29) is 24.0 Å². The first kappa shape index (κ1) is 20.9. The van der Waals surface area contributed by atoms with E-state index in [0.29, 0.717) is 29.1 Å². The SMILES string of the molecule is COc1ccc([C@H]2/C(=C(\O)c3ccc4c(c3)C[C@H](C)O4)C(=O)C(=O)N2Cc2ccco2)cc1. The second-order valence-electron chi connectivity index (χ2n) is 8.23. The predicted octanol–water partition coefficient (Wildman–Crippen LogP) is 4.23. The largest absolute Gasteiger partial charge is 0.507 e. The Morgan fingerprint density at radius 1 is 1.15 bits per heavy atom. The van der Waals surface area contributed by atoms with E-state index >= 15 is 0 Å². The molecule has 0 saturated carbocycles. The lowest BCUT2D eigenvalue weighted by Crippen LogP contribution is -2.29. The molecule has 7 nitrogen and oxygen atoms in total. The van der Waals surface area contributed by atoms with Gasteiger partial charge in [-0.05, 0) is 60.5 Å². The number of carbonyl (C=O) groups excluding carboxylic acids is 2. The van der Waals surface area contributed by atoms with Crippen LogP contribution in [-0.2, 0) is 22.6 Å². The number of furan rings is 1. The van der Waals surface area contributed by atoms with Crippen LogP contribution in [0, 0.1) is 0 Å². The maximum Gasteiger partial charge on any atom is 0.296 e. The molecule has 0 spiro atoms. The molecule has 1 fully saturated rings. The third kappa shape index (κ3) is 3.65. The Labute approximate surface area is 190 Å². The van der Waals surface area contributed by atoms with E-state index in [4.69, 9.17) is 13.9 Å². The first-order valence-electron chi connectivity index (χ1n) is 10.7. The Balaban J connectivity index is 1.62. The van der Waals surface area contributed by atoms with Crippen molar-refractivity contribution in [2.45, 2.75) is 32.0 Å². The summed E-state index contributed by atoms with van der Waals surface area (Å²) >= 11 is 0. The van der Waals surface area contributed by atoms with Crippen LogP contribution in [0.25, 0.3) is 5.76 Å². The summed E-state index contributed by atoms with van der Waals surface area (Å²) in [6.45, 7) is 2.07. The van der Waals surface area contributed by atoms with Gasteiger partial charge in [0.2, 0.25) is 0 Å². The van der Waals surface area contributed by atoms with Crippen molar-refractivity contribution >= 4 is 17.4 Å². The number of nitrogens with zero attached hydrogens (tertiary/aromatic N) is 1. The molecule has 33 heavy (non-hydrogen) atoms. The second-order valence-corrected chi connectivity index (χ2v) is 8.23. The summed E-state index contributed by atoms with van der Waals surface area (Å²) in [5.41, 5.74) is 2.16. The normalized spacial score (nSPS) is 21.2. The second kappa shape index (κ2) is 8.16. The summed E-state index contributed by atoms with van der Waals surface area (Å²) in [5, 5.41) is 11.3. The Morgan fingerprint density at radius 3 is 2.64 bits per heavy atom. The molecule has 1 aromatic heterocycles. The molecule has 1 N–H and O–H groups in total. The van der Waals surface area contributed by atoms with Gasteiger partial charge in [-0.15, -0.1) is 0 Å². The first-order chi connectivity index (χ1) is 16.0. The van der Waals surface area contributed by atoms with E-state index in [1.54, 1.807) is 55.6 Å². The quantitative estimate of drug-likeness (QED) is 0.359. The highest BCUT2D eigenvalue weighted by molar-refractivity contribution is 6.46. The molecule has 0 unspecified atom stereocenters. The van der Waals surface area contributed by atoms with Crippen LogP contribution >= 0.6 is 0 Å². The minimum Gasteiger partial charge on any atom is -0.507 e. The number of rotatable bonds is 5. The number of methoxy groups -OCH3 is 1. The van der Waals surface area contributed by atoms with Crippen molar-refractivity contribution in [1.82, 2.24) is 4.90 Å². The van der Waals surface area contributed by atoms with Crippen molar-refractivity contribution in [3.8, 4) is 11.5 Å². The van der Waals surface area contributed by atoms with Gasteiger partial charge in [-0.3, -0.25) is 9.59 Å². The number of benzene rings is 2. The van der Waals surface area contributed by atoms with Gasteiger partial charge >= 0.3 is 0 Å². The van der Waals surface area contributed by atoms with E-state index in [1.165, 1.54) is 11.2 Å². The molecule has 2 aliphatic heterocycles. The Bertz CT molecular complexity index is 1240. The zero-order valence-electron chi connectivity index (χ0n) is 18.3. The van der Waals surface area contributed by atoms with Gasteiger partial charge in [-0.25, -0.2) is 0 Å². The van der Waals surface area contributed by atoms with Crippen molar-refractivity contribution in [3.05, 3.63) is 88.9 Å². The molecule has 3 aromatic rings. The Kier molecular flexibility index (Phi) is 5.17. The van der Waals surface area contributed by atoms with Gasteiger partial charge in [0, 0.05) is 12.0 Å². The van der Waals surface area contributed by atoms with Crippen LogP contribution in [0.2, 0.25) is 0 Å². The van der Waals surface area contributed by atoms with Crippen molar-refractivity contribution < 1.29 is 28.6 Å². The zero-order valence-corrected chi connectivity index (χ0v) is 18.3. The molecule has 3 heterocycles. The minimum atomic E-state index is -0.774. The number of aliphatic hydroxyl groups excluding tert-OH is 1.